The number of nitrogens with one attached hydrogen (secondary N) is 1. The smallest absolute Gasteiger partial charge is 0.264 e. The van der Waals surface area contributed by atoms with Crippen molar-refractivity contribution in [2.75, 3.05) is 0 Å². The van der Waals surface area contributed by atoms with E-state index in [2.05, 4.69) is 22.3 Å². The molecule has 0 saturated heterocycles. The van der Waals surface area contributed by atoms with Crippen LogP contribution in [0.4, 0.5) is 0 Å². The predicted octanol–water partition coefficient (Wildman–Crippen LogP) is 0.825. The first-order valence-electron chi connectivity index (χ1n) is 7.71. The van der Waals surface area contributed by atoms with Crippen molar-refractivity contribution >= 4 is 16.9 Å². The van der Waals surface area contributed by atoms with Gasteiger partial charge in [-0.1, -0.05) is 19.8 Å². The van der Waals surface area contributed by atoms with Crippen molar-refractivity contribution < 1.29 is 4.79 Å². The van der Waals surface area contributed by atoms with Crippen LogP contribution in [0.1, 0.15) is 32.6 Å². The molecule has 1 aliphatic carbocycles. The maximum Gasteiger partial charge on any atom is 0.264 e. The summed E-state index contributed by atoms with van der Waals surface area (Å²) < 4.78 is 2.89. The minimum absolute atomic E-state index is 0.00154. The average molecular weight is 303 g/mol. The zero-order valence-corrected chi connectivity index (χ0v) is 13.0. The predicted molar refractivity (Wildman–Crippen MR) is 82.3 cm³/mol. The van der Waals surface area contributed by atoms with Crippen LogP contribution in [0.25, 0.3) is 11.0 Å². The maximum absolute atomic E-state index is 12.3. The standard InChI is InChI=1S/C15H21N5O2/c1-10-4-3-5-11(6-10)18-13(21)8-20-9-16-14-12(15(20)22)7-17-19(14)2/h7,9-11H,3-6,8H2,1-2H3,(H,18,21). The third-order valence-corrected chi connectivity index (χ3v) is 4.33. The van der Waals surface area contributed by atoms with Crippen LogP contribution in [0.5, 0.6) is 0 Å². The quantitative estimate of drug-likeness (QED) is 0.910. The first-order chi connectivity index (χ1) is 10.5. The monoisotopic (exact) mass is 303 g/mol. The van der Waals surface area contributed by atoms with Crippen LogP contribution in [0.2, 0.25) is 0 Å². The van der Waals surface area contributed by atoms with Gasteiger partial charge in [-0.15, -0.1) is 0 Å². The van der Waals surface area contributed by atoms with Gasteiger partial charge in [-0.05, 0) is 18.8 Å². The number of nitrogens with zero attached hydrogens (tertiary/aromatic N) is 4. The van der Waals surface area contributed by atoms with Crippen LogP contribution < -0.4 is 10.9 Å². The number of fused-ring (bicyclic) bond motifs is 1. The summed E-state index contributed by atoms with van der Waals surface area (Å²) in [4.78, 5) is 28.7. The van der Waals surface area contributed by atoms with Crippen molar-refractivity contribution in [2.24, 2.45) is 13.0 Å². The van der Waals surface area contributed by atoms with E-state index in [0.29, 0.717) is 17.0 Å². The molecule has 0 aliphatic heterocycles. The van der Waals surface area contributed by atoms with E-state index in [1.807, 2.05) is 0 Å². The molecule has 0 aromatic carbocycles. The molecule has 7 nitrogen and oxygen atoms in total. The van der Waals surface area contributed by atoms with Gasteiger partial charge < -0.3 is 5.32 Å². The Balaban J connectivity index is 1.71. The number of carbonyl (C=O) groups is 1. The number of aromatic nitrogens is 4. The molecule has 0 bridgehead atoms. The van der Waals surface area contributed by atoms with Crippen LogP contribution >= 0.6 is 0 Å². The summed E-state index contributed by atoms with van der Waals surface area (Å²) in [7, 11) is 1.73. The van der Waals surface area contributed by atoms with Gasteiger partial charge in [0.1, 0.15) is 18.3 Å². The van der Waals surface area contributed by atoms with Crippen LogP contribution in [0.3, 0.4) is 0 Å². The minimum atomic E-state index is -0.231. The Labute approximate surface area is 128 Å². The lowest BCUT2D eigenvalue weighted by Crippen LogP contribution is -2.41. The Hall–Kier alpha value is -2.18. The van der Waals surface area contributed by atoms with Crippen LogP contribution in [0, 0.1) is 5.92 Å². The molecule has 3 rings (SSSR count). The average Bonchev–Trinajstić information content (AvgIpc) is 2.84. The van der Waals surface area contributed by atoms with Crippen LogP contribution in [-0.4, -0.2) is 31.3 Å². The largest absolute Gasteiger partial charge is 0.352 e. The second-order valence-electron chi connectivity index (χ2n) is 6.22. The van der Waals surface area contributed by atoms with Gasteiger partial charge in [0.15, 0.2) is 5.65 Å². The lowest BCUT2D eigenvalue weighted by atomic mass is 9.87. The second kappa shape index (κ2) is 5.90. The molecule has 2 heterocycles. The highest BCUT2D eigenvalue weighted by Gasteiger charge is 2.20. The summed E-state index contributed by atoms with van der Waals surface area (Å²) in [6, 6.07) is 0.224. The van der Waals surface area contributed by atoms with E-state index >= 15 is 0 Å². The molecule has 1 N–H and O–H groups in total. The van der Waals surface area contributed by atoms with Crippen molar-refractivity contribution in [3.05, 3.63) is 22.9 Å². The lowest BCUT2D eigenvalue weighted by Gasteiger charge is -2.27. The summed E-state index contributed by atoms with van der Waals surface area (Å²) in [5.74, 6) is 0.515. The highest BCUT2D eigenvalue weighted by molar-refractivity contribution is 5.77. The number of amides is 1. The summed E-state index contributed by atoms with van der Waals surface area (Å²) in [6.45, 7) is 2.21. The number of aryl methyl sites for hydroxylation is 1. The molecule has 2 atom stereocenters. The van der Waals surface area contributed by atoms with Gasteiger partial charge in [0.25, 0.3) is 5.56 Å². The van der Waals surface area contributed by atoms with E-state index in [1.165, 1.54) is 23.5 Å². The Morgan fingerprint density at radius 2 is 2.27 bits per heavy atom. The third-order valence-electron chi connectivity index (χ3n) is 4.33. The fourth-order valence-electron chi connectivity index (χ4n) is 3.17. The Bertz CT molecular complexity index is 748. The molecule has 22 heavy (non-hydrogen) atoms. The zero-order valence-electron chi connectivity index (χ0n) is 13.0. The van der Waals surface area contributed by atoms with Crippen molar-refractivity contribution in [1.29, 1.82) is 0 Å². The molecular weight excluding hydrogens is 282 g/mol. The van der Waals surface area contributed by atoms with Gasteiger partial charge in [0, 0.05) is 13.1 Å². The topological polar surface area (TPSA) is 81.8 Å². The van der Waals surface area contributed by atoms with Crippen molar-refractivity contribution in [3.63, 3.8) is 0 Å². The van der Waals surface area contributed by atoms with E-state index in [-0.39, 0.29) is 24.1 Å². The van der Waals surface area contributed by atoms with Gasteiger partial charge in [-0.2, -0.15) is 5.10 Å². The molecule has 2 aromatic rings. The normalized spacial score (nSPS) is 21.9. The van der Waals surface area contributed by atoms with Crippen LogP contribution in [-0.2, 0) is 18.4 Å². The highest BCUT2D eigenvalue weighted by Crippen LogP contribution is 2.23. The first-order valence-corrected chi connectivity index (χ1v) is 7.71. The van der Waals surface area contributed by atoms with E-state index in [1.54, 1.807) is 11.7 Å². The third kappa shape index (κ3) is 2.88. The molecule has 7 heteroatoms. The SMILES string of the molecule is CC1CCCC(NC(=O)Cn2cnc3c(cnn3C)c2=O)C1. The Morgan fingerprint density at radius 1 is 1.45 bits per heavy atom. The minimum Gasteiger partial charge on any atom is -0.352 e. The second-order valence-corrected chi connectivity index (χ2v) is 6.22. The molecule has 2 unspecified atom stereocenters. The van der Waals surface area contributed by atoms with Crippen molar-refractivity contribution in [1.82, 2.24) is 24.6 Å². The summed E-state index contributed by atoms with van der Waals surface area (Å²) >= 11 is 0. The van der Waals surface area contributed by atoms with Gasteiger partial charge >= 0.3 is 0 Å². The first kappa shape index (κ1) is 14.7. The van der Waals surface area contributed by atoms with Gasteiger partial charge in [-0.25, -0.2) is 4.98 Å². The fraction of sp³-hybridized carbons (Fsp3) is 0.600. The summed E-state index contributed by atoms with van der Waals surface area (Å²) in [5.41, 5.74) is 0.299. The molecule has 118 valence electrons. The fourth-order valence-corrected chi connectivity index (χ4v) is 3.17. The lowest BCUT2D eigenvalue weighted by molar-refractivity contribution is -0.122. The molecular formula is C15H21N5O2. The molecule has 1 amide bonds. The van der Waals surface area contributed by atoms with Gasteiger partial charge in [0.05, 0.1) is 6.20 Å². The summed E-state index contributed by atoms with van der Waals surface area (Å²) in [5, 5.41) is 7.48. The Morgan fingerprint density at radius 3 is 3.05 bits per heavy atom. The number of carbonyl (C=O) groups excluding carboxylic acids is 1. The van der Waals surface area contributed by atoms with Crippen molar-refractivity contribution in [2.45, 2.75) is 45.2 Å². The van der Waals surface area contributed by atoms with Crippen molar-refractivity contribution in [3.8, 4) is 0 Å². The Kier molecular flexibility index (Phi) is 3.96. The van der Waals surface area contributed by atoms with E-state index in [0.717, 1.165) is 19.3 Å². The number of hydrogen-bond donors (Lipinski definition) is 1. The van der Waals surface area contributed by atoms with Gasteiger partial charge in [-0.3, -0.25) is 18.8 Å². The molecule has 1 aliphatic rings. The van der Waals surface area contributed by atoms with Crippen LogP contribution in [0.15, 0.2) is 17.3 Å². The van der Waals surface area contributed by atoms with E-state index in [9.17, 15) is 9.59 Å². The molecule has 1 saturated carbocycles. The zero-order chi connectivity index (χ0) is 15.7. The van der Waals surface area contributed by atoms with E-state index in [4.69, 9.17) is 0 Å². The molecule has 0 radical (unpaired) electrons. The molecule has 2 aromatic heterocycles. The van der Waals surface area contributed by atoms with E-state index < -0.39 is 0 Å². The number of hydrogen-bond acceptors (Lipinski definition) is 4. The molecule has 0 spiro atoms. The molecule has 1 fully saturated rings. The summed E-state index contributed by atoms with van der Waals surface area (Å²) in [6.07, 6.45) is 7.31. The maximum atomic E-state index is 12.3. The highest BCUT2D eigenvalue weighted by atomic mass is 16.2. The number of rotatable bonds is 3. The van der Waals surface area contributed by atoms with Gasteiger partial charge in [0.2, 0.25) is 5.91 Å².